The Labute approximate surface area is 394 Å². The van der Waals surface area contributed by atoms with E-state index in [1.807, 2.05) is 62.4 Å². The molecule has 0 aliphatic rings. The lowest BCUT2D eigenvalue weighted by molar-refractivity contribution is 0.384. The lowest BCUT2D eigenvalue weighted by Gasteiger charge is -2.25. The standard InChI is InChI=1S/C36H58O3.C22H30O2S/c1-3-5-7-9-11-13-15-17-19-21-23-31-25-27-33(37)35(29-31)39-36-30-32(26-28-34(36)38)24-22-20-18-16-14-12-10-8-6-4-2;1-13-9-11-15(21(3,4)5)17(23)19(13)25-20-14(2)10-12-16(18(20)24)22(6,7)8/h25-30,37-38H,3-24H2,1-2H3;9-12,23-24H,1-8H3. The van der Waals surface area contributed by atoms with Gasteiger partial charge >= 0.3 is 0 Å². The fourth-order valence-electron chi connectivity index (χ4n) is 8.26. The number of ether oxygens (including phenoxy) is 1. The minimum Gasteiger partial charge on any atom is -0.506 e. The molecule has 0 bridgehead atoms. The molecule has 4 N–H and O–H groups in total. The van der Waals surface area contributed by atoms with Crippen LogP contribution in [-0.4, -0.2) is 20.4 Å². The molecule has 0 spiro atoms. The van der Waals surface area contributed by atoms with Crippen LogP contribution in [-0.2, 0) is 23.7 Å². The molecule has 0 saturated heterocycles. The van der Waals surface area contributed by atoms with Gasteiger partial charge in [0.25, 0.3) is 0 Å². The molecule has 0 atom stereocenters. The molecule has 0 amide bonds. The zero-order valence-electron chi connectivity index (χ0n) is 41.9. The van der Waals surface area contributed by atoms with Crippen LogP contribution >= 0.6 is 11.8 Å². The van der Waals surface area contributed by atoms with Crippen molar-refractivity contribution in [2.24, 2.45) is 0 Å². The van der Waals surface area contributed by atoms with E-state index in [1.54, 1.807) is 12.1 Å². The van der Waals surface area contributed by atoms with Gasteiger partial charge in [0.1, 0.15) is 11.5 Å². The molecule has 5 nitrogen and oxygen atoms in total. The van der Waals surface area contributed by atoms with Crippen LogP contribution in [0.1, 0.15) is 217 Å². The Bertz CT molecular complexity index is 1810. The third-order valence-electron chi connectivity index (χ3n) is 12.4. The molecule has 0 aliphatic heterocycles. The molecule has 4 rings (SSSR count). The summed E-state index contributed by atoms with van der Waals surface area (Å²) in [5, 5.41) is 42.6. The Hall–Kier alpha value is -3.77. The first-order valence-electron chi connectivity index (χ1n) is 25.1. The van der Waals surface area contributed by atoms with Crippen molar-refractivity contribution in [1.82, 2.24) is 0 Å². The number of rotatable bonds is 26. The first-order valence-corrected chi connectivity index (χ1v) is 25.9. The van der Waals surface area contributed by atoms with Crippen molar-refractivity contribution in [1.29, 1.82) is 0 Å². The molecule has 0 saturated carbocycles. The van der Waals surface area contributed by atoms with Crippen molar-refractivity contribution >= 4 is 11.8 Å². The van der Waals surface area contributed by atoms with Crippen molar-refractivity contribution in [3.8, 4) is 34.5 Å². The lowest BCUT2D eigenvalue weighted by atomic mass is 9.86. The minimum atomic E-state index is -0.141. The molecule has 0 radical (unpaired) electrons. The first-order chi connectivity index (χ1) is 30.5. The molecule has 0 aliphatic carbocycles. The third-order valence-corrected chi connectivity index (χ3v) is 13.8. The van der Waals surface area contributed by atoms with Gasteiger partial charge in [-0.25, -0.2) is 0 Å². The van der Waals surface area contributed by atoms with E-state index >= 15 is 0 Å². The molecular weight excluding hydrogens is 809 g/mol. The summed E-state index contributed by atoms with van der Waals surface area (Å²) < 4.78 is 6.02. The number of aromatic hydroxyl groups is 4. The summed E-state index contributed by atoms with van der Waals surface area (Å²) in [6.45, 7) is 21.1. The van der Waals surface area contributed by atoms with Crippen LogP contribution in [0.4, 0.5) is 0 Å². The monoisotopic (exact) mass is 897 g/mol. The maximum absolute atomic E-state index is 10.9. The Morgan fingerprint density at radius 1 is 0.422 bits per heavy atom. The van der Waals surface area contributed by atoms with Crippen LogP contribution in [0.25, 0.3) is 0 Å². The number of hydrogen-bond donors (Lipinski definition) is 4. The second kappa shape index (κ2) is 28.3. The third kappa shape index (κ3) is 19.0. The van der Waals surface area contributed by atoms with Gasteiger partial charge in [0.2, 0.25) is 0 Å². The van der Waals surface area contributed by atoms with Crippen molar-refractivity contribution in [3.63, 3.8) is 0 Å². The van der Waals surface area contributed by atoms with Gasteiger partial charge < -0.3 is 25.2 Å². The average molecular weight is 897 g/mol. The molecule has 6 heteroatoms. The summed E-state index contributed by atoms with van der Waals surface area (Å²) in [6, 6.07) is 19.3. The Balaban J connectivity index is 0.000000374. The summed E-state index contributed by atoms with van der Waals surface area (Å²) in [4.78, 5) is 1.63. The SMILES string of the molecule is CCCCCCCCCCCCc1ccc(O)c(Oc2cc(CCCCCCCCCCCC)ccc2O)c1.Cc1ccc(C(C)(C)C)c(O)c1Sc1c(C)ccc(C(C)(C)C)c1O. The van der Waals surface area contributed by atoms with Gasteiger partial charge in [0.05, 0.1) is 9.79 Å². The number of hydrogen-bond acceptors (Lipinski definition) is 6. The average Bonchev–Trinajstić information content (AvgIpc) is 3.23. The molecule has 0 fully saturated rings. The van der Waals surface area contributed by atoms with Gasteiger partial charge in [-0.2, -0.15) is 0 Å². The number of phenolic OH excluding ortho intramolecular Hbond substituents is 4. The predicted molar refractivity (Wildman–Crippen MR) is 275 cm³/mol. The molecule has 356 valence electrons. The summed E-state index contributed by atoms with van der Waals surface area (Å²) >= 11 is 1.45. The summed E-state index contributed by atoms with van der Waals surface area (Å²) in [6.07, 6.45) is 28.5. The highest BCUT2D eigenvalue weighted by molar-refractivity contribution is 7.99. The normalized spacial score (nSPS) is 11.7. The van der Waals surface area contributed by atoms with E-state index in [4.69, 9.17) is 4.74 Å². The molecule has 4 aromatic carbocycles. The highest BCUT2D eigenvalue weighted by Crippen LogP contribution is 2.48. The van der Waals surface area contributed by atoms with Crippen LogP contribution in [0.5, 0.6) is 34.5 Å². The zero-order chi connectivity index (χ0) is 47.1. The van der Waals surface area contributed by atoms with Crippen molar-refractivity contribution in [3.05, 3.63) is 94.0 Å². The van der Waals surface area contributed by atoms with Crippen LogP contribution in [0.3, 0.4) is 0 Å². The number of phenols is 4. The van der Waals surface area contributed by atoms with Gasteiger partial charge in [-0.15, -0.1) is 0 Å². The number of aryl methyl sites for hydroxylation is 4. The van der Waals surface area contributed by atoms with E-state index in [0.717, 1.165) is 57.7 Å². The highest BCUT2D eigenvalue weighted by Gasteiger charge is 2.25. The van der Waals surface area contributed by atoms with Crippen molar-refractivity contribution < 1.29 is 25.2 Å². The summed E-state index contributed by atoms with van der Waals surface area (Å²) in [5.41, 5.74) is 5.92. The predicted octanol–water partition coefficient (Wildman–Crippen LogP) is 18.3. The van der Waals surface area contributed by atoms with Crippen LogP contribution in [0, 0.1) is 13.8 Å². The highest BCUT2D eigenvalue weighted by atomic mass is 32.2. The number of unbranched alkanes of at least 4 members (excludes halogenated alkanes) is 18. The Morgan fingerprint density at radius 3 is 1.05 bits per heavy atom. The molecule has 64 heavy (non-hydrogen) atoms. The fourth-order valence-corrected chi connectivity index (χ4v) is 9.33. The summed E-state index contributed by atoms with van der Waals surface area (Å²) in [7, 11) is 0. The number of benzene rings is 4. The van der Waals surface area contributed by atoms with Gasteiger partial charge in [-0.3, -0.25) is 0 Å². The molecule has 0 aromatic heterocycles. The first kappa shape index (κ1) is 54.6. The van der Waals surface area contributed by atoms with Gasteiger partial charge in [0.15, 0.2) is 23.0 Å². The Kier molecular flexibility index (Phi) is 24.1. The van der Waals surface area contributed by atoms with Gasteiger partial charge in [0, 0.05) is 11.1 Å². The van der Waals surface area contributed by atoms with Gasteiger partial charge in [-0.05, 0) is 96.9 Å². The largest absolute Gasteiger partial charge is 0.506 e. The van der Waals surface area contributed by atoms with E-state index in [2.05, 4.69) is 55.4 Å². The maximum atomic E-state index is 10.9. The van der Waals surface area contributed by atoms with Gasteiger partial charge in [-0.1, -0.05) is 219 Å². The van der Waals surface area contributed by atoms with Crippen LogP contribution in [0.2, 0.25) is 0 Å². The second-order valence-corrected chi connectivity index (χ2v) is 21.4. The van der Waals surface area contributed by atoms with Crippen LogP contribution < -0.4 is 4.74 Å². The van der Waals surface area contributed by atoms with E-state index in [0.29, 0.717) is 23.0 Å². The topological polar surface area (TPSA) is 90.2 Å². The van der Waals surface area contributed by atoms with E-state index in [9.17, 15) is 20.4 Å². The Morgan fingerprint density at radius 2 is 0.734 bits per heavy atom. The van der Waals surface area contributed by atoms with E-state index < -0.39 is 0 Å². The van der Waals surface area contributed by atoms with Crippen molar-refractivity contribution in [2.45, 2.75) is 231 Å². The molecule has 0 heterocycles. The zero-order valence-corrected chi connectivity index (χ0v) is 42.8. The molecule has 0 unspecified atom stereocenters. The molecule has 4 aromatic rings. The van der Waals surface area contributed by atoms with Crippen LogP contribution in [0.15, 0.2) is 70.5 Å². The lowest BCUT2D eigenvalue weighted by Crippen LogP contribution is -2.12. The second-order valence-electron chi connectivity index (χ2n) is 20.4. The smallest absolute Gasteiger partial charge is 0.169 e. The quantitative estimate of drug-likeness (QED) is 0.0470. The van der Waals surface area contributed by atoms with E-state index in [1.165, 1.54) is 138 Å². The maximum Gasteiger partial charge on any atom is 0.169 e. The minimum absolute atomic E-state index is 0.112. The molecular formula is C58H88O5S. The van der Waals surface area contributed by atoms with E-state index in [-0.39, 0.29) is 22.3 Å². The van der Waals surface area contributed by atoms with Crippen molar-refractivity contribution in [2.75, 3.05) is 0 Å². The fraction of sp³-hybridized carbons (Fsp3) is 0.586. The summed E-state index contributed by atoms with van der Waals surface area (Å²) in [5.74, 6) is 1.70.